The first kappa shape index (κ1) is 25.5. The van der Waals surface area contributed by atoms with Crippen molar-refractivity contribution in [1.29, 1.82) is 0 Å². The van der Waals surface area contributed by atoms with Crippen molar-refractivity contribution in [3.05, 3.63) is 17.7 Å². The van der Waals surface area contributed by atoms with Gasteiger partial charge in [-0.15, -0.1) is 0 Å². The van der Waals surface area contributed by atoms with Crippen LogP contribution in [0.2, 0.25) is 0 Å². The Morgan fingerprint density at radius 3 is 2.10 bits per heavy atom. The monoisotopic (exact) mass is 438 g/mol. The van der Waals surface area contributed by atoms with E-state index < -0.39 is 35.8 Å². The summed E-state index contributed by atoms with van der Waals surface area (Å²) < 4.78 is 10.3. The van der Waals surface area contributed by atoms with Crippen molar-refractivity contribution in [1.82, 2.24) is 10.6 Å². The van der Waals surface area contributed by atoms with Gasteiger partial charge in [0.2, 0.25) is 11.8 Å². The normalized spacial score (nSPS) is 12.5. The SMILES string of the molecule is COc1cc(N)c(C(=O)N[C@H](CC(C)C)C(=O)N[C@@H](CCC(N)=O)C(=O)O)cc1OC. The van der Waals surface area contributed by atoms with Gasteiger partial charge in [0, 0.05) is 18.2 Å². The van der Waals surface area contributed by atoms with E-state index >= 15 is 0 Å². The van der Waals surface area contributed by atoms with Crippen LogP contribution < -0.4 is 31.6 Å². The third-order valence-corrected chi connectivity index (χ3v) is 4.42. The lowest BCUT2D eigenvalue weighted by atomic mass is 10.0. The quantitative estimate of drug-likeness (QED) is 0.288. The molecule has 3 amide bonds. The molecule has 0 fully saturated rings. The molecule has 0 aliphatic heterocycles. The summed E-state index contributed by atoms with van der Waals surface area (Å²) in [7, 11) is 2.83. The van der Waals surface area contributed by atoms with E-state index in [0.717, 1.165) is 0 Å². The van der Waals surface area contributed by atoms with Gasteiger partial charge < -0.3 is 36.7 Å². The van der Waals surface area contributed by atoms with Crippen LogP contribution in [0.4, 0.5) is 5.69 Å². The fraction of sp³-hybridized carbons (Fsp3) is 0.500. The molecule has 0 saturated heterocycles. The number of carboxylic acid groups (broad SMARTS) is 1. The van der Waals surface area contributed by atoms with Crippen molar-refractivity contribution in [2.24, 2.45) is 11.7 Å². The number of ether oxygens (including phenoxy) is 2. The van der Waals surface area contributed by atoms with Crippen molar-refractivity contribution in [3.63, 3.8) is 0 Å². The number of carbonyl (C=O) groups is 4. The van der Waals surface area contributed by atoms with E-state index in [-0.39, 0.29) is 42.2 Å². The molecule has 172 valence electrons. The van der Waals surface area contributed by atoms with Gasteiger partial charge in [-0.25, -0.2) is 4.79 Å². The molecule has 0 saturated carbocycles. The minimum absolute atomic E-state index is 0.00713. The second-order valence-electron chi connectivity index (χ2n) is 7.35. The Hall–Kier alpha value is -3.50. The predicted molar refractivity (Wildman–Crippen MR) is 113 cm³/mol. The first-order valence-corrected chi connectivity index (χ1v) is 9.63. The third kappa shape index (κ3) is 7.68. The highest BCUT2D eigenvalue weighted by Gasteiger charge is 2.28. The molecular weight excluding hydrogens is 408 g/mol. The summed E-state index contributed by atoms with van der Waals surface area (Å²) in [5, 5.41) is 14.2. The van der Waals surface area contributed by atoms with E-state index in [0.29, 0.717) is 5.75 Å². The molecule has 7 N–H and O–H groups in total. The minimum Gasteiger partial charge on any atom is -0.493 e. The van der Waals surface area contributed by atoms with E-state index in [1.807, 2.05) is 13.8 Å². The Morgan fingerprint density at radius 1 is 1.03 bits per heavy atom. The zero-order valence-corrected chi connectivity index (χ0v) is 18.1. The van der Waals surface area contributed by atoms with Crippen molar-refractivity contribution in [2.75, 3.05) is 20.0 Å². The first-order chi connectivity index (χ1) is 14.5. The summed E-state index contributed by atoms with van der Waals surface area (Å²) in [6, 6.07) is 0.462. The number of nitrogen functional groups attached to an aromatic ring is 1. The summed E-state index contributed by atoms with van der Waals surface area (Å²) >= 11 is 0. The Labute approximate surface area is 180 Å². The molecular formula is C20H30N4O7. The molecule has 0 radical (unpaired) electrons. The molecule has 1 aromatic carbocycles. The maximum Gasteiger partial charge on any atom is 0.326 e. The highest BCUT2D eigenvalue weighted by atomic mass is 16.5. The number of benzene rings is 1. The number of hydrogen-bond donors (Lipinski definition) is 5. The molecule has 0 bridgehead atoms. The van der Waals surface area contributed by atoms with Crippen LogP contribution in [-0.2, 0) is 14.4 Å². The van der Waals surface area contributed by atoms with Crippen molar-refractivity contribution >= 4 is 29.4 Å². The van der Waals surface area contributed by atoms with Gasteiger partial charge in [0.1, 0.15) is 12.1 Å². The van der Waals surface area contributed by atoms with Crippen molar-refractivity contribution < 1.29 is 33.8 Å². The lowest BCUT2D eigenvalue weighted by Gasteiger charge is -2.23. The van der Waals surface area contributed by atoms with Crippen LogP contribution in [0.3, 0.4) is 0 Å². The Balaban J connectivity index is 3.06. The van der Waals surface area contributed by atoms with Crippen LogP contribution in [0.5, 0.6) is 11.5 Å². The van der Waals surface area contributed by atoms with Crippen LogP contribution >= 0.6 is 0 Å². The number of methoxy groups -OCH3 is 2. The van der Waals surface area contributed by atoms with Crippen molar-refractivity contribution in [3.8, 4) is 11.5 Å². The summed E-state index contributed by atoms with van der Waals surface area (Å²) in [6.07, 6.45) is -0.130. The van der Waals surface area contributed by atoms with Crippen LogP contribution in [0.1, 0.15) is 43.5 Å². The molecule has 0 heterocycles. The number of carboxylic acids is 1. The summed E-state index contributed by atoms with van der Waals surface area (Å²) in [5.41, 5.74) is 11.2. The standard InChI is InChI=1S/C20H30N4O7/c1-10(2)7-14(19(27)23-13(20(28)29)5-6-17(22)25)24-18(26)11-8-15(30-3)16(31-4)9-12(11)21/h8-10,13-14H,5-7,21H2,1-4H3,(H2,22,25)(H,23,27)(H,24,26)(H,28,29)/t13-,14+/m0/s1. The molecule has 0 unspecified atom stereocenters. The number of nitrogens with two attached hydrogens (primary N) is 2. The zero-order chi connectivity index (χ0) is 23.7. The number of hydrogen-bond acceptors (Lipinski definition) is 7. The molecule has 11 nitrogen and oxygen atoms in total. The summed E-state index contributed by atoms with van der Waals surface area (Å²) in [6.45, 7) is 3.69. The van der Waals surface area contributed by atoms with Gasteiger partial charge in [0.25, 0.3) is 5.91 Å². The van der Waals surface area contributed by atoms with Gasteiger partial charge in [0.05, 0.1) is 19.8 Å². The largest absolute Gasteiger partial charge is 0.493 e. The fourth-order valence-corrected chi connectivity index (χ4v) is 2.85. The van der Waals surface area contributed by atoms with E-state index in [1.54, 1.807) is 0 Å². The van der Waals surface area contributed by atoms with Gasteiger partial charge >= 0.3 is 5.97 Å². The molecule has 0 spiro atoms. The number of rotatable bonds is 12. The third-order valence-electron chi connectivity index (χ3n) is 4.42. The molecule has 0 aliphatic rings. The fourth-order valence-electron chi connectivity index (χ4n) is 2.85. The smallest absolute Gasteiger partial charge is 0.326 e. The molecule has 0 aliphatic carbocycles. The molecule has 2 atom stereocenters. The van der Waals surface area contributed by atoms with Crippen LogP contribution in [0.25, 0.3) is 0 Å². The van der Waals surface area contributed by atoms with Gasteiger partial charge in [-0.05, 0) is 24.8 Å². The number of aliphatic carboxylic acids is 1. The van der Waals surface area contributed by atoms with E-state index in [4.69, 9.17) is 20.9 Å². The molecule has 0 aromatic heterocycles. The van der Waals surface area contributed by atoms with Gasteiger partial charge in [-0.1, -0.05) is 13.8 Å². The summed E-state index contributed by atoms with van der Waals surface area (Å²) in [4.78, 5) is 47.9. The van der Waals surface area contributed by atoms with E-state index in [1.165, 1.54) is 26.4 Å². The number of nitrogens with one attached hydrogen (secondary N) is 2. The van der Waals surface area contributed by atoms with Gasteiger partial charge in [-0.3, -0.25) is 14.4 Å². The lowest BCUT2D eigenvalue weighted by Crippen LogP contribution is -2.52. The van der Waals surface area contributed by atoms with Crippen LogP contribution in [-0.4, -0.2) is 55.1 Å². The maximum absolute atomic E-state index is 12.8. The molecule has 11 heteroatoms. The Kier molecular flexibility index (Phi) is 9.58. The van der Waals surface area contributed by atoms with Gasteiger partial charge in [-0.2, -0.15) is 0 Å². The molecule has 1 rings (SSSR count). The second kappa shape index (κ2) is 11.6. The van der Waals surface area contributed by atoms with Crippen LogP contribution in [0.15, 0.2) is 12.1 Å². The number of carbonyl (C=O) groups excluding carboxylic acids is 3. The Morgan fingerprint density at radius 2 is 1.61 bits per heavy atom. The van der Waals surface area contributed by atoms with Crippen LogP contribution in [0, 0.1) is 5.92 Å². The average molecular weight is 438 g/mol. The highest BCUT2D eigenvalue weighted by molar-refractivity contribution is 6.02. The topological polar surface area (TPSA) is 183 Å². The zero-order valence-electron chi connectivity index (χ0n) is 18.1. The second-order valence-corrected chi connectivity index (χ2v) is 7.35. The van der Waals surface area contributed by atoms with E-state index in [9.17, 15) is 24.3 Å². The van der Waals surface area contributed by atoms with E-state index in [2.05, 4.69) is 10.6 Å². The first-order valence-electron chi connectivity index (χ1n) is 9.63. The number of anilines is 1. The molecule has 1 aromatic rings. The number of primary amides is 1. The number of amides is 3. The summed E-state index contributed by atoms with van der Waals surface area (Å²) in [5.74, 6) is -2.70. The lowest BCUT2D eigenvalue weighted by molar-refractivity contribution is -0.142. The molecule has 31 heavy (non-hydrogen) atoms. The Bertz CT molecular complexity index is 826. The highest BCUT2D eigenvalue weighted by Crippen LogP contribution is 2.32. The minimum atomic E-state index is -1.32. The average Bonchev–Trinajstić information content (AvgIpc) is 2.69. The van der Waals surface area contributed by atoms with Gasteiger partial charge in [0.15, 0.2) is 11.5 Å². The maximum atomic E-state index is 12.8. The predicted octanol–water partition coefficient (Wildman–Crippen LogP) is 0.265. The van der Waals surface area contributed by atoms with Crippen molar-refractivity contribution in [2.45, 2.75) is 45.2 Å².